The summed E-state index contributed by atoms with van der Waals surface area (Å²) >= 11 is 4.89. The summed E-state index contributed by atoms with van der Waals surface area (Å²) in [6.07, 6.45) is 5.58. The lowest BCUT2D eigenvalue weighted by Gasteiger charge is -2.17. The third kappa shape index (κ3) is 9.04. The predicted molar refractivity (Wildman–Crippen MR) is 133 cm³/mol. The molecule has 0 spiro atoms. The number of carbonyl (C=O) groups excluding carboxylic acids is 3. The van der Waals surface area contributed by atoms with Gasteiger partial charge in [0.25, 0.3) is 11.8 Å². The Kier molecular flexibility index (Phi) is 11.3. The summed E-state index contributed by atoms with van der Waals surface area (Å²) in [5.41, 5.74) is 2.30. The smallest absolute Gasteiger partial charge is 0.329 e. The van der Waals surface area contributed by atoms with Crippen LogP contribution in [0.5, 0.6) is 0 Å². The Morgan fingerprint density at radius 3 is 2.38 bits per heavy atom. The van der Waals surface area contributed by atoms with Crippen LogP contribution in [0.25, 0.3) is 0 Å². The monoisotopic (exact) mass is 520 g/mol. The minimum absolute atomic E-state index is 0.367. The summed E-state index contributed by atoms with van der Waals surface area (Å²) in [5.74, 6) is -0.762. The van der Waals surface area contributed by atoms with Crippen LogP contribution < -0.4 is 10.6 Å². The zero-order valence-electron chi connectivity index (χ0n) is 18.4. The summed E-state index contributed by atoms with van der Waals surface area (Å²) in [7, 11) is 0. The Hall–Kier alpha value is -2.32. The first-order chi connectivity index (χ1) is 15.4. The van der Waals surface area contributed by atoms with Crippen LogP contribution in [0.1, 0.15) is 42.1 Å². The van der Waals surface area contributed by atoms with E-state index in [4.69, 9.17) is 4.74 Å². The first-order valence-electron chi connectivity index (χ1n) is 10.5. The van der Waals surface area contributed by atoms with Gasteiger partial charge in [-0.05, 0) is 73.2 Å². The van der Waals surface area contributed by atoms with Gasteiger partial charge in [0.05, 0.1) is 0 Å². The van der Waals surface area contributed by atoms with Gasteiger partial charge >= 0.3 is 5.97 Å². The Labute approximate surface area is 202 Å². The number of hydrogen-bond donors (Lipinski definition) is 2. The minimum Gasteiger partial charge on any atom is -0.454 e. The summed E-state index contributed by atoms with van der Waals surface area (Å²) in [6, 6.07) is 13.6. The lowest BCUT2D eigenvalue weighted by atomic mass is 10.1. The second-order valence-corrected chi connectivity index (χ2v) is 9.17. The standard InChI is InChI=1S/C24H29BrN2O4S/c1-3-4-5-17-6-12-20(13-7-17)26-22(28)16-31-24(30)21(14-15-32-2)27-23(29)18-8-10-19(25)11-9-18/h6-13,21H,3-5,14-16H2,1-2H3,(H,26,28)(H,27,29). The van der Waals surface area contributed by atoms with Gasteiger partial charge in [0, 0.05) is 15.7 Å². The molecule has 0 aliphatic carbocycles. The summed E-state index contributed by atoms with van der Waals surface area (Å²) < 4.78 is 6.04. The number of anilines is 1. The Morgan fingerprint density at radius 2 is 1.75 bits per heavy atom. The van der Waals surface area contributed by atoms with Crippen molar-refractivity contribution in [2.75, 3.05) is 23.9 Å². The van der Waals surface area contributed by atoms with Gasteiger partial charge in [0.15, 0.2) is 6.61 Å². The number of ether oxygens (including phenoxy) is 1. The van der Waals surface area contributed by atoms with E-state index in [9.17, 15) is 14.4 Å². The highest BCUT2D eigenvalue weighted by Crippen LogP contribution is 2.13. The third-order valence-electron chi connectivity index (χ3n) is 4.71. The molecule has 0 bridgehead atoms. The molecule has 0 saturated carbocycles. The maximum atomic E-state index is 12.5. The molecular weight excluding hydrogens is 492 g/mol. The number of benzene rings is 2. The molecule has 32 heavy (non-hydrogen) atoms. The van der Waals surface area contributed by atoms with E-state index in [0.29, 0.717) is 23.4 Å². The molecule has 0 aromatic heterocycles. The molecular formula is C24H29BrN2O4S. The summed E-state index contributed by atoms with van der Waals surface area (Å²) in [5, 5.41) is 5.43. The van der Waals surface area contributed by atoms with Crippen LogP contribution in [0.2, 0.25) is 0 Å². The van der Waals surface area contributed by atoms with Crippen molar-refractivity contribution < 1.29 is 19.1 Å². The van der Waals surface area contributed by atoms with E-state index in [-0.39, 0.29) is 5.91 Å². The summed E-state index contributed by atoms with van der Waals surface area (Å²) in [4.78, 5) is 37.2. The molecule has 6 nitrogen and oxygen atoms in total. The maximum Gasteiger partial charge on any atom is 0.329 e. The Bertz CT molecular complexity index is 888. The SMILES string of the molecule is CCCCc1ccc(NC(=O)COC(=O)C(CCSC)NC(=O)c2ccc(Br)cc2)cc1. The highest BCUT2D eigenvalue weighted by molar-refractivity contribution is 9.10. The van der Waals surface area contributed by atoms with E-state index < -0.39 is 24.5 Å². The molecule has 2 aromatic rings. The van der Waals surface area contributed by atoms with Gasteiger partial charge in [0.2, 0.25) is 0 Å². The molecule has 2 N–H and O–H groups in total. The van der Waals surface area contributed by atoms with Crippen molar-refractivity contribution in [2.45, 2.75) is 38.6 Å². The molecule has 8 heteroatoms. The van der Waals surface area contributed by atoms with E-state index in [1.54, 1.807) is 36.0 Å². The number of amides is 2. The van der Waals surface area contributed by atoms with Crippen LogP contribution in [0, 0.1) is 0 Å². The van der Waals surface area contributed by atoms with Crippen LogP contribution in [-0.2, 0) is 20.7 Å². The van der Waals surface area contributed by atoms with Crippen LogP contribution in [0.15, 0.2) is 53.0 Å². The van der Waals surface area contributed by atoms with Crippen molar-refractivity contribution in [3.8, 4) is 0 Å². The number of esters is 1. The third-order valence-corrected chi connectivity index (χ3v) is 5.88. The van der Waals surface area contributed by atoms with E-state index in [2.05, 4.69) is 33.5 Å². The Morgan fingerprint density at radius 1 is 1.06 bits per heavy atom. The van der Waals surface area contributed by atoms with Crippen molar-refractivity contribution in [2.24, 2.45) is 0 Å². The number of unbranched alkanes of at least 4 members (excludes halogenated alkanes) is 1. The first kappa shape index (κ1) is 25.9. The highest BCUT2D eigenvalue weighted by Gasteiger charge is 2.23. The van der Waals surface area contributed by atoms with E-state index >= 15 is 0 Å². The van der Waals surface area contributed by atoms with Crippen molar-refractivity contribution in [1.82, 2.24) is 5.32 Å². The maximum absolute atomic E-state index is 12.5. The molecule has 0 radical (unpaired) electrons. The van der Waals surface area contributed by atoms with Gasteiger partial charge in [-0.15, -0.1) is 0 Å². The molecule has 2 rings (SSSR count). The van der Waals surface area contributed by atoms with E-state index in [1.807, 2.05) is 30.5 Å². The van der Waals surface area contributed by atoms with Gasteiger partial charge in [-0.25, -0.2) is 4.79 Å². The molecule has 172 valence electrons. The van der Waals surface area contributed by atoms with Gasteiger partial charge in [-0.1, -0.05) is 41.4 Å². The normalized spacial score (nSPS) is 11.5. The lowest BCUT2D eigenvalue weighted by molar-refractivity contribution is -0.149. The van der Waals surface area contributed by atoms with Gasteiger partial charge in [-0.2, -0.15) is 11.8 Å². The molecule has 0 aliphatic heterocycles. The fourth-order valence-corrected chi connectivity index (χ4v) is 3.63. The number of aryl methyl sites for hydroxylation is 1. The van der Waals surface area contributed by atoms with E-state index in [1.165, 1.54) is 5.56 Å². The lowest BCUT2D eigenvalue weighted by Crippen LogP contribution is -2.43. The van der Waals surface area contributed by atoms with Crippen LogP contribution >= 0.6 is 27.7 Å². The predicted octanol–water partition coefficient (Wildman–Crippen LogP) is 4.83. The molecule has 0 aliphatic rings. The van der Waals surface area contributed by atoms with Crippen molar-refractivity contribution in [3.63, 3.8) is 0 Å². The molecule has 2 aromatic carbocycles. The fourth-order valence-electron chi connectivity index (χ4n) is 2.90. The van der Waals surface area contributed by atoms with Gasteiger partial charge in [-0.3, -0.25) is 9.59 Å². The first-order valence-corrected chi connectivity index (χ1v) is 12.7. The second-order valence-electron chi connectivity index (χ2n) is 7.27. The quantitative estimate of drug-likeness (QED) is 0.391. The molecule has 0 heterocycles. The van der Waals surface area contributed by atoms with Crippen molar-refractivity contribution >= 4 is 51.2 Å². The summed E-state index contributed by atoms with van der Waals surface area (Å²) in [6.45, 7) is 1.73. The van der Waals surface area contributed by atoms with Gasteiger partial charge in [0.1, 0.15) is 6.04 Å². The number of hydrogen-bond acceptors (Lipinski definition) is 5. The minimum atomic E-state index is -0.829. The number of thioether (sulfide) groups is 1. The largest absolute Gasteiger partial charge is 0.454 e. The molecule has 0 saturated heterocycles. The average Bonchev–Trinajstić information content (AvgIpc) is 2.80. The zero-order chi connectivity index (χ0) is 23.3. The van der Waals surface area contributed by atoms with Crippen LogP contribution in [-0.4, -0.2) is 42.4 Å². The van der Waals surface area contributed by atoms with E-state index in [0.717, 1.165) is 23.7 Å². The molecule has 0 fully saturated rings. The van der Waals surface area contributed by atoms with Crippen molar-refractivity contribution in [1.29, 1.82) is 0 Å². The topological polar surface area (TPSA) is 84.5 Å². The molecule has 1 unspecified atom stereocenters. The molecule has 1 atom stereocenters. The number of carbonyl (C=O) groups is 3. The van der Waals surface area contributed by atoms with Crippen molar-refractivity contribution in [3.05, 3.63) is 64.1 Å². The fraction of sp³-hybridized carbons (Fsp3) is 0.375. The molecule has 2 amide bonds. The highest BCUT2D eigenvalue weighted by atomic mass is 79.9. The van der Waals surface area contributed by atoms with Crippen LogP contribution in [0.3, 0.4) is 0 Å². The number of halogens is 1. The Balaban J connectivity index is 1.87. The number of rotatable bonds is 12. The second kappa shape index (κ2) is 14.0. The van der Waals surface area contributed by atoms with Gasteiger partial charge < -0.3 is 15.4 Å². The average molecular weight is 521 g/mol. The number of nitrogens with one attached hydrogen (secondary N) is 2. The zero-order valence-corrected chi connectivity index (χ0v) is 20.8. The van der Waals surface area contributed by atoms with Crippen LogP contribution in [0.4, 0.5) is 5.69 Å².